The molecule has 10 nitrogen and oxygen atoms in total. The third-order valence-corrected chi connectivity index (χ3v) is 5.50. The molecule has 3 aromatic rings. The van der Waals surface area contributed by atoms with E-state index in [1.165, 1.54) is 12.1 Å². The molecule has 0 saturated carbocycles. The van der Waals surface area contributed by atoms with E-state index in [1.807, 2.05) is 24.3 Å². The highest BCUT2D eigenvalue weighted by Gasteiger charge is 2.15. The van der Waals surface area contributed by atoms with Crippen LogP contribution in [0.15, 0.2) is 65.6 Å². The largest absolute Gasteiger partial charge is 0.497 e. The van der Waals surface area contributed by atoms with Crippen LogP contribution in [0, 0.1) is 10.1 Å². The van der Waals surface area contributed by atoms with Crippen molar-refractivity contribution in [3.63, 3.8) is 0 Å². The average Bonchev–Trinajstić information content (AvgIpc) is 2.77. The number of nitrogens with one attached hydrogen (secondary N) is 1. The van der Waals surface area contributed by atoms with Gasteiger partial charge in [0.2, 0.25) is 15.9 Å². The standard InChI is InChI=1S/C19H18N4O6S/c1-28-16-6-2-14(3-7-16)18-10-11-19(22-21-18)29-13-12-20-30(26,27)17-8-4-15(5-9-17)23(24)25/h2-11,20H,12-13H2,1H3. The van der Waals surface area contributed by atoms with Gasteiger partial charge in [-0.05, 0) is 42.5 Å². The van der Waals surface area contributed by atoms with Crippen LogP contribution in [0.2, 0.25) is 0 Å². The summed E-state index contributed by atoms with van der Waals surface area (Å²) in [5, 5.41) is 18.7. The molecule has 0 bridgehead atoms. The summed E-state index contributed by atoms with van der Waals surface area (Å²) in [5.74, 6) is 0.990. The average molecular weight is 430 g/mol. The number of benzene rings is 2. The first-order valence-corrected chi connectivity index (χ1v) is 10.2. The number of non-ortho nitro benzene ring substituents is 1. The molecule has 0 aliphatic carbocycles. The summed E-state index contributed by atoms with van der Waals surface area (Å²) in [5.41, 5.74) is 1.34. The van der Waals surface area contributed by atoms with Gasteiger partial charge in [-0.3, -0.25) is 10.1 Å². The summed E-state index contributed by atoms with van der Waals surface area (Å²) < 4.78 is 37.3. The van der Waals surface area contributed by atoms with Crippen molar-refractivity contribution in [2.45, 2.75) is 4.90 Å². The van der Waals surface area contributed by atoms with Crippen molar-refractivity contribution >= 4 is 15.7 Å². The van der Waals surface area contributed by atoms with E-state index in [-0.39, 0.29) is 29.6 Å². The summed E-state index contributed by atoms with van der Waals surface area (Å²) in [6, 6.07) is 15.3. The molecule has 0 aliphatic rings. The minimum absolute atomic E-state index is 0.0127. The molecule has 0 unspecified atom stereocenters. The summed E-state index contributed by atoms with van der Waals surface area (Å²) in [6.07, 6.45) is 0. The van der Waals surface area contributed by atoms with Gasteiger partial charge in [0.05, 0.1) is 22.6 Å². The fraction of sp³-hybridized carbons (Fsp3) is 0.158. The van der Waals surface area contributed by atoms with Gasteiger partial charge in [0.1, 0.15) is 12.4 Å². The number of nitro benzene ring substituents is 1. The molecule has 0 fully saturated rings. The van der Waals surface area contributed by atoms with E-state index in [4.69, 9.17) is 9.47 Å². The zero-order valence-electron chi connectivity index (χ0n) is 15.9. The summed E-state index contributed by atoms with van der Waals surface area (Å²) in [7, 11) is -2.21. The molecule has 0 spiro atoms. The molecule has 0 atom stereocenters. The highest BCUT2D eigenvalue weighted by Crippen LogP contribution is 2.21. The third-order valence-electron chi connectivity index (χ3n) is 4.03. The topological polar surface area (TPSA) is 134 Å². The molecule has 11 heteroatoms. The first kappa shape index (κ1) is 21.1. The van der Waals surface area contributed by atoms with Crippen LogP contribution >= 0.6 is 0 Å². The molecule has 1 N–H and O–H groups in total. The van der Waals surface area contributed by atoms with Gasteiger partial charge in [0.25, 0.3) is 5.69 Å². The molecule has 0 radical (unpaired) electrons. The normalized spacial score (nSPS) is 11.1. The zero-order chi connectivity index (χ0) is 21.6. The van der Waals surface area contributed by atoms with Crippen LogP contribution < -0.4 is 14.2 Å². The highest BCUT2D eigenvalue weighted by atomic mass is 32.2. The monoisotopic (exact) mass is 430 g/mol. The minimum atomic E-state index is -3.80. The number of rotatable bonds is 9. The minimum Gasteiger partial charge on any atom is -0.497 e. The van der Waals surface area contributed by atoms with E-state index >= 15 is 0 Å². The second-order valence-corrected chi connectivity index (χ2v) is 7.75. The SMILES string of the molecule is COc1ccc(-c2ccc(OCCNS(=O)(=O)c3ccc([N+](=O)[O-])cc3)nn2)cc1. The van der Waals surface area contributed by atoms with Gasteiger partial charge in [-0.2, -0.15) is 0 Å². The maximum absolute atomic E-state index is 12.2. The number of nitro groups is 1. The fourth-order valence-corrected chi connectivity index (χ4v) is 3.49. The number of hydrogen-bond donors (Lipinski definition) is 1. The molecule has 1 aromatic heterocycles. The number of ether oxygens (including phenoxy) is 2. The van der Waals surface area contributed by atoms with Crippen molar-refractivity contribution in [2.75, 3.05) is 20.3 Å². The lowest BCUT2D eigenvalue weighted by molar-refractivity contribution is -0.384. The van der Waals surface area contributed by atoms with Crippen LogP contribution in [0.25, 0.3) is 11.3 Å². The van der Waals surface area contributed by atoms with Crippen LogP contribution in [0.1, 0.15) is 0 Å². The zero-order valence-corrected chi connectivity index (χ0v) is 16.7. The lowest BCUT2D eigenvalue weighted by Gasteiger charge is -2.08. The van der Waals surface area contributed by atoms with Crippen molar-refractivity contribution in [2.24, 2.45) is 0 Å². The van der Waals surface area contributed by atoms with Gasteiger partial charge in [-0.25, -0.2) is 13.1 Å². The highest BCUT2D eigenvalue weighted by molar-refractivity contribution is 7.89. The molecule has 156 valence electrons. The van der Waals surface area contributed by atoms with Crippen molar-refractivity contribution in [1.82, 2.24) is 14.9 Å². The van der Waals surface area contributed by atoms with Crippen molar-refractivity contribution < 1.29 is 22.8 Å². The molecule has 0 saturated heterocycles. The van der Waals surface area contributed by atoms with Gasteiger partial charge in [0.15, 0.2) is 0 Å². The maximum Gasteiger partial charge on any atom is 0.269 e. The Balaban J connectivity index is 1.51. The summed E-state index contributed by atoms with van der Waals surface area (Å²) in [4.78, 5) is 9.97. The van der Waals surface area contributed by atoms with E-state index < -0.39 is 14.9 Å². The smallest absolute Gasteiger partial charge is 0.269 e. The molecule has 1 heterocycles. The molecule has 30 heavy (non-hydrogen) atoms. The second-order valence-electron chi connectivity index (χ2n) is 5.98. The molecule has 2 aromatic carbocycles. The molecule has 0 aliphatic heterocycles. The first-order chi connectivity index (χ1) is 14.4. The van der Waals surface area contributed by atoms with Gasteiger partial charge in [0, 0.05) is 30.3 Å². The van der Waals surface area contributed by atoms with Crippen LogP contribution in [-0.4, -0.2) is 43.8 Å². The Morgan fingerprint density at radius 3 is 2.27 bits per heavy atom. The Hall–Kier alpha value is -3.57. The maximum atomic E-state index is 12.2. The number of aromatic nitrogens is 2. The first-order valence-electron chi connectivity index (χ1n) is 8.74. The van der Waals surface area contributed by atoms with Gasteiger partial charge in [-0.1, -0.05) is 0 Å². The van der Waals surface area contributed by atoms with Crippen molar-refractivity contribution in [3.05, 3.63) is 70.8 Å². The van der Waals surface area contributed by atoms with E-state index in [2.05, 4.69) is 14.9 Å². The van der Waals surface area contributed by atoms with E-state index in [9.17, 15) is 18.5 Å². The second kappa shape index (κ2) is 9.29. The Labute approximate surface area is 172 Å². The van der Waals surface area contributed by atoms with Crippen LogP contribution in [0.4, 0.5) is 5.69 Å². The number of methoxy groups -OCH3 is 1. The van der Waals surface area contributed by atoms with Crippen LogP contribution in [-0.2, 0) is 10.0 Å². The summed E-state index contributed by atoms with van der Waals surface area (Å²) in [6.45, 7) is 0.0179. The summed E-state index contributed by atoms with van der Waals surface area (Å²) >= 11 is 0. The molecular formula is C19H18N4O6S. The molecular weight excluding hydrogens is 412 g/mol. The van der Waals surface area contributed by atoms with E-state index in [0.717, 1.165) is 23.4 Å². The lowest BCUT2D eigenvalue weighted by atomic mass is 10.1. The van der Waals surface area contributed by atoms with Gasteiger partial charge >= 0.3 is 0 Å². The number of hydrogen-bond acceptors (Lipinski definition) is 8. The van der Waals surface area contributed by atoms with E-state index in [1.54, 1.807) is 19.2 Å². The Kier molecular flexibility index (Phi) is 6.54. The van der Waals surface area contributed by atoms with Crippen molar-refractivity contribution in [3.8, 4) is 22.9 Å². The quantitative estimate of drug-likeness (QED) is 0.311. The molecule has 0 amide bonds. The van der Waals surface area contributed by atoms with Crippen LogP contribution in [0.3, 0.4) is 0 Å². The molecule has 3 rings (SSSR count). The fourth-order valence-electron chi connectivity index (χ4n) is 2.47. The number of nitrogens with zero attached hydrogens (tertiary/aromatic N) is 3. The van der Waals surface area contributed by atoms with Gasteiger partial charge in [-0.15, -0.1) is 10.2 Å². The predicted octanol–water partition coefficient (Wildman–Crippen LogP) is 2.42. The van der Waals surface area contributed by atoms with Crippen molar-refractivity contribution in [1.29, 1.82) is 0 Å². The van der Waals surface area contributed by atoms with Gasteiger partial charge < -0.3 is 9.47 Å². The van der Waals surface area contributed by atoms with E-state index in [0.29, 0.717) is 5.69 Å². The van der Waals surface area contributed by atoms with Crippen LogP contribution in [0.5, 0.6) is 11.6 Å². The Bertz CT molecular complexity index is 1100. The Morgan fingerprint density at radius 2 is 1.70 bits per heavy atom. The Morgan fingerprint density at radius 1 is 1.00 bits per heavy atom. The third kappa shape index (κ3) is 5.27. The number of sulfonamides is 1. The lowest BCUT2D eigenvalue weighted by Crippen LogP contribution is -2.28. The predicted molar refractivity (Wildman–Crippen MR) is 108 cm³/mol.